The van der Waals surface area contributed by atoms with Gasteiger partial charge in [-0.3, -0.25) is 4.98 Å². The highest BCUT2D eigenvalue weighted by atomic mass is 32.2. The third-order valence-electron chi connectivity index (χ3n) is 3.36. The predicted molar refractivity (Wildman–Crippen MR) is 99.0 cm³/mol. The standard InChI is InChI=1S/C17H18N6OS/c1-12(15-5-3-4-10-18-15)20-21-16-19-17(23-22-16)25-11-13-6-8-14(24-2)9-7-13/h3-10H,11H2,1-2H3,(H2,19,21,22,23)/b20-12+. The minimum atomic E-state index is 0.493. The molecule has 0 radical (unpaired) electrons. The lowest BCUT2D eigenvalue weighted by Crippen LogP contribution is -2.02. The smallest absolute Gasteiger partial charge is 0.240 e. The summed E-state index contributed by atoms with van der Waals surface area (Å²) in [5.41, 5.74) is 5.62. The average Bonchev–Trinajstić information content (AvgIpc) is 3.13. The molecule has 0 saturated heterocycles. The molecule has 128 valence electrons. The predicted octanol–water partition coefficient (Wildman–Crippen LogP) is 3.34. The molecule has 0 bridgehead atoms. The van der Waals surface area contributed by atoms with E-state index in [1.165, 1.54) is 5.56 Å². The van der Waals surface area contributed by atoms with E-state index in [9.17, 15) is 0 Å². The summed E-state index contributed by atoms with van der Waals surface area (Å²) in [7, 11) is 1.66. The van der Waals surface area contributed by atoms with Crippen molar-refractivity contribution in [3.8, 4) is 5.75 Å². The zero-order chi connectivity index (χ0) is 17.5. The average molecular weight is 354 g/mol. The number of hydrazone groups is 1. The lowest BCUT2D eigenvalue weighted by Gasteiger charge is -2.01. The zero-order valence-electron chi connectivity index (χ0n) is 13.9. The van der Waals surface area contributed by atoms with Crippen LogP contribution in [0.1, 0.15) is 18.2 Å². The Morgan fingerprint density at radius 2 is 2.08 bits per heavy atom. The summed E-state index contributed by atoms with van der Waals surface area (Å²) in [5.74, 6) is 2.11. The van der Waals surface area contributed by atoms with E-state index in [4.69, 9.17) is 4.74 Å². The van der Waals surface area contributed by atoms with Crippen molar-refractivity contribution in [3.05, 3.63) is 59.9 Å². The van der Waals surface area contributed by atoms with E-state index in [0.717, 1.165) is 22.9 Å². The summed E-state index contributed by atoms with van der Waals surface area (Å²) in [6.45, 7) is 1.88. The van der Waals surface area contributed by atoms with Gasteiger partial charge in [-0.15, -0.1) is 5.10 Å². The summed E-state index contributed by atoms with van der Waals surface area (Å²) in [6, 6.07) is 13.6. The van der Waals surface area contributed by atoms with Gasteiger partial charge in [0.2, 0.25) is 11.1 Å². The highest BCUT2D eigenvalue weighted by molar-refractivity contribution is 7.98. The molecule has 0 atom stereocenters. The van der Waals surface area contributed by atoms with E-state index in [2.05, 4.69) is 30.7 Å². The number of hydrogen-bond donors (Lipinski definition) is 2. The van der Waals surface area contributed by atoms with Crippen LogP contribution in [0.2, 0.25) is 0 Å². The highest BCUT2D eigenvalue weighted by Crippen LogP contribution is 2.21. The van der Waals surface area contributed by atoms with Gasteiger partial charge in [-0.1, -0.05) is 30.0 Å². The number of aromatic nitrogens is 4. The maximum absolute atomic E-state index is 5.15. The maximum Gasteiger partial charge on any atom is 0.240 e. The minimum absolute atomic E-state index is 0.493. The number of hydrogen-bond acceptors (Lipinski definition) is 7. The molecule has 0 spiro atoms. The number of benzene rings is 1. The van der Waals surface area contributed by atoms with Crippen LogP contribution in [0.5, 0.6) is 5.75 Å². The Hall–Kier alpha value is -2.87. The summed E-state index contributed by atoms with van der Waals surface area (Å²) in [5, 5.41) is 11.9. The summed E-state index contributed by atoms with van der Waals surface area (Å²) in [6.07, 6.45) is 1.73. The number of pyridine rings is 1. The second-order valence-corrected chi connectivity index (χ2v) is 6.07. The first-order valence-corrected chi connectivity index (χ1v) is 8.63. The van der Waals surface area contributed by atoms with Gasteiger partial charge in [0, 0.05) is 11.9 Å². The van der Waals surface area contributed by atoms with E-state index in [-0.39, 0.29) is 0 Å². The second kappa shape index (κ2) is 8.29. The van der Waals surface area contributed by atoms with Crippen molar-refractivity contribution in [3.63, 3.8) is 0 Å². The number of anilines is 1. The van der Waals surface area contributed by atoms with Gasteiger partial charge in [-0.2, -0.15) is 10.1 Å². The van der Waals surface area contributed by atoms with Gasteiger partial charge >= 0.3 is 0 Å². The molecule has 0 unspecified atom stereocenters. The molecule has 25 heavy (non-hydrogen) atoms. The molecule has 2 heterocycles. The number of thioether (sulfide) groups is 1. The topological polar surface area (TPSA) is 88.1 Å². The number of rotatable bonds is 7. The second-order valence-electron chi connectivity index (χ2n) is 5.13. The van der Waals surface area contributed by atoms with E-state index < -0.39 is 0 Å². The van der Waals surface area contributed by atoms with Crippen LogP contribution in [0.15, 0.2) is 58.9 Å². The van der Waals surface area contributed by atoms with Crippen molar-refractivity contribution in [1.82, 2.24) is 20.2 Å². The number of ether oxygens (including phenoxy) is 1. The van der Waals surface area contributed by atoms with Crippen LogP contribution >= 0.6 is 11.8 Å². The fraction of sp³-hybridized carbons (Fsp3) is 0.176. The molecule has 0 fully saturated rings. The van der Waals surface area contributed by atoms with Crippen LogP contribution < -0.4 is 10.2 Å². The lowest BCUT2D eigenvalue weighted by molar-refractivity contribution is 0.414. The van der Waals surface area contributed by atoms with Gasteiger partial charge in [0.25, 0.3) is 0 Å². The third-order valence-corrected chi connectivity index (χ3v) is 4.28. The fourth-order valence-corrected chi connectivity index (χ4v) is 2.76. The normalized spacial score (nSPS) is 11.4. The van der Waals surface area contributed by atoms with Crippen LogP contribution in [0.3, 0.4) is 0 Å². The van der Waals surface area contributed by atoms with Crippen molar-refractivity contribution in [1.29, 1.82) is 0 Å². The van der Waals surface area contributed by atoms with Crippen molar-refractivity contribution in [2.24, 2.45) is 5.10 Å². The van der Waals surface area contributed by atoms with Crippen LogP contribution in [-0.2, 0) is 5.75 Å². The van der Waals surface area contributed by atoms with Gasteiger partial charge in [0.05, 0.1) is 18.5 Å². The monoisotopic (exact) mass is 354 g/mol. The molecule has 0 aliphatic carbocycles. The highest BCUT2D eigenvalue weighted by Gasteiger charge is 2.05. The lowest BCUT2D eigenvalue weighted by atomic mass is 10.2. The Kier molecular flexibility index (Phi) is 5.63. The van der Waals surface area contributed by atoms with Gasteiger partial charge in [0.1, 0.15) is 5.75 Å². The number of aromatic amines is 1. The number of nitrogens with one attached hydrogen (secondary N) is 2. The van der Waals surface area contributed by atoms with Crippen LogP contribution in [0.4, 0.5) is 5.95 Å². The molecule has 2 N–H and O–H groups in total. The molecule has 3 aromatic rings. The van der Waals surface area contributed by atoms with Crippen molar-refractivity contribution in [2.45, 2.75) is 17.8 Å². The van der Waals surface area contributed by atoms with Crippen LogP contribution in [0, 0.1) is 0 Å². The summed E-state index contributed by atoms with van der Waals surface area (Å²) < 4.78 is 5.15. The maximum atomic E-state index is 5.15. The number of methoxy groups -OCH3 is 1. The van der Waals surface area contributed by atoms with Crippen molar-refractivity contribution < 1.29 is 4.74 Å². The van der Waals surface area contributed by atoms with E-state index in [1.807, 2.05) is 49.4 Å². The molecule has 0 amide bonds. The Balaban J connectivity index is 1.55. The molecule has 3 rings (SSSR count). The molecule has 1 aromatic carbocycles. The Bertz CT molecular complexity index is 832. The minimum Gasteiger partial charge on any atom is -0.497 e. The fourth-order valence-electron chi connectivity index (χ4n) is 2.00. The first kappa shape index (κ1) is 17.0. The Labute approximate surface area is 149 Å². The quantitative estimate of drug-likeness (QED) is 0.384. The van der Waals surface area contributed by atoms with Crippen LogP contribution in [0.25, 0.3) is 0 Å². The van der Waals surface area contributed by atoms with Gasteiger partial charge in [0.15, 0.2) is 0 Å². The van der Waals surface area contributed by atoms with E-state index in [0.29, 0.717) is 11.1 Å². The summed E-state index contributed by atoms with van der Waals surface area (Å²) >= 11 is 1.54. The largest absolute Gasteiger partial charge is 0.497 e. The van der Waals surface area contributed by atoms with Crippen molar-refractivity contribution >= 4 is 23.4 Å². The SMILES string of the molecule is COc1ccc(CSc2n[nH]c(N/N=C(\C)c3ccccn3)n2)cc1. The molecule has 0 saturated carbocycles. The zero-order valence-corrected chi connectivity index (χ0v) is 14.7. The Morgan fingerprint density at radius 3 is 2.80 bits per heavy atom. The van der Waals surface area contributed by atoms with E-state index in [1.54, 1.807) is 25.1 Å². The third kappa shape index (κ3) is 4.80. The van der Waals surface area contributed by atoms with E-state index >= 15 is 0 Å². The molecule has 0 aliphatic rings. The molecular formula is C17H18N6OS. The summed E-state index contributed by atoms with van der Waals surface area (Å²) in [4.78, 5) is 8.60. The first-order chi connectivity index (χ1) is 12.2. The molecule has 8 heteroatoms. The number of nitrogens with zero attached hydrogens (tertiary/aromatic N) is 4. The van der Waals surface area contributed by atoms with Crippen molar-refractivity contribution in [2.75, 3.05) is 12.5 Å². The molecular weight excluding hydrogens is 336 g/mol. The van der Waals surface area contributed by atoms with Crippen LogP contribution in [-0.4, -0.2) is 33.0 Å². The molecule has 2 aromatic heterocycles. The van der Waals surface area contributed by atoms with Gasteiger partial charge in [-0.05, 0) is 36.8 Å². The Morgan fingerprint density at radius 1 is 1.24 bits per heavy atom. The van der Waals surface area contributed by atoms with Gasteiger partial charge < -0.3 is 4.74 Å². The first-order valence-electron chi connectivity index (χ1n) is 7.64. The molecule has 0 aliphatic heterocycles. The van der Waals surface area contributed by atoms with Gasteiger partial charge in [-0.25, -0.2) is 10.5 Å². The number of H-pyrrole nitrogens is 1. The molecule has 7 nitrogen and oxygen atoms in total.